The Morgan fingerprint density at radius 3 is 2.76 bits per heavy atom. The minimum atomic E-state index is 0.0571. The van der Waals surface area contributed by atoms with Crippen LogP contribution in [-0.4, -0.2) is 54.3 Å². The van der Waals surface area contributed by atoms with Crippen LogP contribution in [0.4, 0.5) is 0 Å². The highest BCUT2D eigenvalue weighted by molar-refractivity contribution is 7.14. The number of Topliss-reactive ketones (excluding diaryl/α,β-unsaturated/α-hetero) is 1. The van der Waals surface area contributed by atoms with Gasteiger partial charge in [0, 0.05) is 13.0 Å². The van der Waals surface area contributed by atoms with Gasteiger partial charge in [-0.2, -0.15) is 0 Å². The van der Waals surface area contributed by atoms with Crippen molar-refractivity contribution in [2.75, 3.05) is 33.7 Å². The standard InChI is InChI=1S/C16H25N3OS/c1-16(2)8-11-14(13(20)9-16)21-15(17-11)12-10-18(3)6-5-7-19(12)4/h12H,5-10H2,1-4H3. The van der Waals surface area contributed by atoms with E-state index in [-0.39, 0.29) is 11.2 Å². The van der Waals surface area contributed by atoms with E-state index in [1.54, 1.807) is 11.3 Å². The molecule has 2 heterocycles. The Labute approximate surface area is 131 Å². The molecule has 1 fully saturated rings. The van der Waals surface area contributed by atoms with E-state index in [0.717, 1.165) is 41.6 Å². The van der Waals surface area contributed by atoms with E-state index in [4.69, 9.17) is 4.98 Å². The molecule has 4 nitrogen and oxygen atoms in total. The van der Waals surface area contributed by atoms with Gasteiger partial charge in [0.25, 0.3) is 0 Å². The maximum atomic E-state index is 12.4. The topological polar surface area (TPSA) is 36.4 Å². The summed E-state index contributed by atoms with van der Waals surface area (Å²) in [5, 5.41) is 1.13. The number of likely N-dealkylation sites (N-methyl/N-ethyl adjacent to an activating group) is 2. The van der Waals surface area contributed by atoms with Crippen molar-refractivity contribution in [2.45, 2.75) is 39.2 Å². The molecule has 21 heavy (non-hydrogen) atoms. The van der Waals surface area contributed by atoms with Crippen molar-refractivity contribution >= 4 is 17.1 Å². The summed E-state index contributed by atoms with van der Waals surface area (Å²) in [7, 11) is 4.35. The van der Waals surface area contributed by atoms with E-state index < -0.39 is 0 Å². The summed E-state index contributed by atoms with van der Waals surface area (Å²) >= 11 is 1.64. The van der Waals surface area contributed by atoms with Crippen molar-refractivity contribution in [3.05, 3.63) is 15.6 Å². The van der Waals surface area contributed by atoms with Gasteiger partial charge in [-0.1, -0.05) is 13.8 Å². The number of nitrogens with zero attached hydrogens (tertiary/aromatic N) is 3. The van der Waals surface area contributed by atoms with Crippen molar-refractivity contribution in [3.63, 3.8) is 0 Å². The Bertz CT molecular complexity index is 552. The lowest BCUT2D eigenvalue weighted by molar-refractivity contribution is 0.0916. The second kappa shape index (κ2) is 5.45. The molecule has 0 amide bonds. The van der Waals surface area contributed by atoms with Gasteiger partial charge in [0.1, 0.15) is 5.01 Å². The molecule has 0 aromatic carbocycles. The second-order valence-corrected chi connectivity index (χ2v) is 8.41. The van der Waals surface area contributed by atoms with Crippen molar-refractivity contribution < 1.29 is 4.79 Å². The van der Waals surface area contributed by atoms with Crippen LogP contribution in [0.15, 0.2) is 0 Å². The van der Waals surface area contributed by atoms with Gasteiger partial charge in [-0.05, 0) is 45.4 Å². The van der Waals surface area contributed by atoms with Crippen LogP contribution < -0.4 is 0 Å². The van der Waals surface area contributed by atoms with E-state index in [1.807, 2.05) is 0 Å². The molecule has 1 aromatic heterocycles. The summed E-state index contributed by atoms with van der Waals surface area (Å²) in [6.45, 7) is 7.56. The molecule has 1 unspecified atom stereocenters. The molecule has 5 heteroatoms. The molecule has 0 bridgehead atoms. The molecular weight excluding hydrogens is 282 g/mol. The number of hydrogen-bond acceptors (Lipinski definition) is 5. The molecule has 2 aliphatic rings. The number of carbonyl (C=O) groups is 1. The smallest absolute Gasteiger partial charge is 0.175 e. The molecule has 0 radical (unpaired) electrons. The summed E-state index contributed by atoms with van der Waals surface area (Å²) in [6.07, 6.45) is 2.78. The van der Waals surface area contributed by atoms with Gasteiger partial charge in [0.05, 0.1) is 16.6 Å². The molecule has 1 aliphatic carbocycles. The van der Waals surface area contributed by atoms with Gasteiger partial charge in [-0.3, -0.25) is 9.69 Å². The maximum Gasteiger partial charge on any atom is 0.175 e. The highest BCUT2D eigenvalue weighted by Gasteiger charge is 2.35. The van der Waals surface area contributed by atoms with Gasteiger partial charge in [0.2, 0.25) is 0 Å². The lowest BCUT2D eigenvalue weighted by atomic mass is 9.78. The van der Waals surface area contributed by atoms with Gasteiger partial charge >= 0.3 is 0 Å². The van der Waals surface area contributed by atoms with Crippen LogP contribution in [0, 0.1) is 5.41 Å². The van der Waals surface area contributed by atoms with Crippen LogP contribution >= 0.6 is 11.3 Å². The lowest BCUT2D eigenvalue weighted by Crippen LogP contribution is -2.30. The summed E-state index contributed by atoms with van der Waals surface area (Å²) in [5.74, 6) is 0.287. The average molecular weight is 307 g/mol. The predicted molar refractivity (Wildman–Crippen MR) is 86.0 cm³/mol. The summed E-state index contributed by atoms with van der Waals surface area (Å²) in [5.41, 5.74) is 1.10. The molecule has 3 rings (SSSR count). The first-order chi connectivity index (χ1) is 9.85. The van der Waals surface area contributed by atoms with Crippen LogP contribution in [0.2, 0.25) is 0 Å². The van der Waals surface area contributed by atoms with E-state index in [9.17, 15) is 4.79 Å². The van der Waals surface area contributed by atoms with E-state index in [2.05, 4.69) is 37.7 Å². The van der Waals surface area contributed by atoms with E-state index in [0.29, 0.717) is 12.5 Å². The maximum absolute atomic E-state index is 12.4. The quantitative estimate of drug-likeness (QED) is 0.799. The van der Waals surface area contributed by atoms with E-state index in [1.165, 1.54) is 6.42 Å². The number of carbonyl (C=O) groups excluding carboxylic acids is 1. The Hall–Kier alpha value is -0.780. The van der Waals surface area contributed by atoms with E-state index >= 15 is 0 Å². The Balaban J connectivity index is 1.92. The minimum Gasteiger partial charge on any atom is -0.304 e. The Morgan fingerprint density at radius 2 is 2.00 bits per heavy atom. The number of hydrogen-bond donors (Lipinski definition) is 0. The summed E-state index contributed by atoms with van der Waals surface area (Å²) in [4.78, 5) is 22.9. The first kappa shape index (κ1) is 15.1. The molecule has 0 spiro atoms. The normalized spacial score (nSPS) is 27.4. The zero-order valence-corrected chi connectivity index (χ0v) is 14.3. The molecular formula is C16H25N3OS. The van der Waals surface area contributed by atoms with Gasteiger partial charge in [-0.15, -0.1) is 11.3 Å². The van der Waals surface area contributed by atoms with Crippen molar-refractivity contribution in [1.82, 2.24) is 14.8 Å². The fourth-order valence-electron chi connectivity index (χ4n) is 3.42. The number of fused-ring (bicyclic) bond motifs is 1. The van der Waals surface area contributed by atoms with Crippen LogP contribution in [0.1, 0.15) is 53.1 Å². The fourth-order valence-corrected chi connectivity index (χ4v) is 4.60. The molecule has 116 valence electrons. The summed E-state index contributed by atoms with van der Waals surface area (Å²) in [6, 6.07) is 0.323. The van der Waals surface area contributed by atoms with Crippen LogP contribution in [0.25, 0.3) is 0 Å². The van der Waals surface area contributed by atoms with Gasteiger partial charge in [-0.25, -0.2) is 4.98 Å². The Morgan fingerprint density at radius 1 is 1.24 bits per heavy atom. The fraction of sp³-hybridized carbons (Fsp3) is 0.750. The molecule has 1 aliphatic heterocycles. The first-order valence-corrected chi connectivity index (χ1v) is 8.59. The highest BCUT2D eigenvalue weighted by Crippen LogP contribution is 2.39. The molecule has 1 saturated heterocycles. The number of aromatic nitrogens is 1. The lowest BCUT2D eigenvalue weighted by Gasteiger charge is -2.27. The number of ketones is 1. The highest BCUT2D eigenvalue weighted by atomic mass is 32.1. The van der Waals surface area contributed by atoms with Gasteiger partial charge in [0.15, 0.2) is 5.78 Å². The van der Waals surface area contributed by atoms with Crippen molar-refractivity contribution in [3.8, 4) is 0 Å². The third kappa shape index (κ3) is 3.05. The SMILES string of the molecule is CN1CCCN(C)C(c2nc3c(s2)C(=O)CC(C)(C)C3)C1. The van der Waals surface area contributed by atoms with Crippen molar-refractivity contribution in [2.24, 2.45) is 5.41 Å². The third-order valence-electron chi connectivity index (χ3n) is 4.60. The van der Waals surface area contributed by atoms with Gasteiger partial charge < -0.3 is 4.90 Å². The molecule has 1 aromatic rings. The Kier molecular flexibility index (Phi) is 3.93. The third-order valence-corrected chi connectivity index (χ3v) is 5.84. The second-order valence-electron chi connectivity index (χ2n) is 7.38. The number of rotatable bonds is 1. The monoisotopic (exact) mass is 307 g/mol. The number of thiazole rings is 1. The molecule has 0 saturated carbocycles. The first-order valence-electron chi connectivity index (χ1n) is 7.77. The molecule has 1 atom stereocenters. The minimum absolute atomic E-state index is 0.0571. The predicted octanol–water partition coefficient (Wildman–Crippen LogP) is 2.61. The average Bonchev–Trinajstić information content (AvgIpc) is 2.70. The zero-order valence-electron chi connectivity index (χ0n) is 13.5. The summed E-state index contributed by atoms with van der Waals surface area (Å²) < 4.78 is 0. The van der Waals surface area contributed by atoms with Crippen LogP contribution in [0.5, 0.6) is 0 Å². The largest absolute Gasteiger partial charge is 0.304 e. The van der Waals surface area contributed by atoms with Crippen LogP contribution in [0.3, 0.4) is 0 Å². The van der Waals surface area contributed by atoms with Crippen molar-refractivity contribution in [1.29, 1.82) is 0 Å². The molecule has 0 N–H and O–H groups in total. The van der Waals surface area contributed by atoms with Crippen LogP contribution in [-0.2, 0) is 6.42 Å². The zero-order chi connectivity index (χ0) is 15.2.